The minimum Gasteiger partial charge on any atom is -0.325 e. The summed E-state index contributed by atoms with van der Waals surface area (Å²) < 4.78 is 0. The zero-order valence-corrected chi connectivity index (χ0v) is 5.62. The van der Waals surface area contributed by atoms with Gasteiger partial charge < -0.3 is 11.5 Å². The number of nitrogens with two attached hydrogens (primary N) is 2. The van der Waals surface area contributed by atoms with E-state index in [2.05, 4.69) is 0 Å². The van der Waals surface area contributed by atoms with Crippen molar-refractivity contribution in [3.63, 3.8) is 0 Å². The van der Waals surface area contributed by atoms with Gasteiger partial charge in [-0.15, -0.1) is 0 Å². The minimum absolute atomic E-state index is 0.211. The number of nitrogens with zero attached hydrogens (tertiary/aromatic N) is 2. The first-order valence-electron chi connectivity index (χ1n) is 2.97. The lowest BCUT2D eigenvalue weighted by Gasteiger charge is -2.12. The summed E-state index contributed by atoms with van der Waals surface area (Å²) >= 11 is 0. The summed E-state index contributed by atoms with van der Waals surface area (Å²) in [6.07, 6.45) is 0.422. The molecule has 0 aliphatic rings. The van der Waals surface area contributed by atoms with Crippen LogP contribution in [0, 0.1) is 22.7 Å². The summed E-state index contributed by atoms with van der Waals surface area (Å²) in [5.74, 6) is 0. The standard InChI is InChI=1S/C6H10N4/c7-3-1-5(9)6(10)2-4-8/h5-6H,1-2,9-10H2. The summed E-state index contributed by atoms with van der Waals surface area (Å²) in [4.78, 5) is 0. The predicted molar refractivity (Wildman–Crippen MR) is 36.4 cm³/mol. The van der Waals surface area contributed by atoms with Gasteiger partial charge in [-0.3, -0.25) is 0 Å². The van der Waals surface area contributed by atoms with Gasteiger partial charge in [0.15, 0.2) is 0 Å². The molecule has 0 amide bonds. The predicted octanol–water partition coefficient (Wildman–Crippen LogP) is -0.532. The van der Waals surface area contributed by atoms with Crippen molar-refractivity contribution in [2.45, 2.75) is 24.9 Å². The maximum atomic E-state index is 8.19. The van der Waals surface area contributed by atoms with Crippen molar-refractivity contribution in [3.8, 4) is 12.1 Å². The van der Waals surface area contributed by atoms with Crippen LogP contribution in [0.1, 0.15) is 12.8 Å². The third-order valence-corrected chi connectivity index (χ3v) is 1.20. The maximum absolute atomic E-state index is 8.19. The van der Waals surface area contributed by atoms with Gasteiger partial charge in [0.25, 0.3) is 0 Å². The van der Waals surface area contributed by atoms with Gasteiger partial charge in [-0.1, -0.05) is 0 Å². The Morgan fingerprint density at radius 1 is 1.00 bits per heavy atom. The molecular formula is C6H10N4. The summed E-state index contributed by atoms with van der Waals surface area (Å²) in [6, 6.07) is 3.04. The molecule has 0 aromatic heterocycles. The van der Waals surface area contributed by atoms with Crippen molar-refractivity contribution in [2.24, 2.45) is 11.5 Å². The molecule has 0 rings (SSSR count). The van der Waals surface area contributed by atoms with E-state index in [-0.39, 0.29) is 24.9 Å². The second-order valence-corrected chi connectivity index (χ2v) is 2.05. The fourth-order valence-corrected chi connectivity index (χ4v) is 0.514. The minimum atomic E-state index is -0.371. The Balaban J connectivity index is 3.63. The molecule has 4 N–H and O–H groups in total. The van der Waals surface area contributed by atoms with E-state index in [1.807, 2.05) is 12.1 Å². The summed E-state index contributed by atoms with van der Waals surface area (Å²) in [5.41, 5.74) is 10.8. The highest BCUT2D eigenvalue weighted by atomic mass is 14.8. The van der Waals surface area contributed by atoms with E-state index in [1.165, 1.54) is 0 Å². The summed E-state index contributed by atoms with van der Waals surface area (Å²) in [7, 11) is 0. The van der Waals surface area contributed by atoms with Crippen LogP contribution in [0.4, 0.5) is 0 Å². The molecule has 0 aliphatic heterocycles. The van der Waals surface area contributed by atoms with Crippen molar-refractivity contribution < 1.29 is 0 Å². The van der Waals surface area contributed by atoms with Gasteiger partial charge in [-0.05, 0) is 0 Å². The SMILES string of the molecule is N#CCC(N)C(N)CC#N. The molecule has 0 heterocycles. The third kappa shape index (κ3) is 3.03. The van der Waals surface area contributed by atoms with Crippen molar-refractivity contribution in [1.82, 2.24) is 0 Å². The Kier molecular flexibility index (Phi) is 4.23. The van der Waals surface area contributed by atoms with Crippen LogP contribution in [-0.2, 0) is 0 Å². The van der Waals surface area contributed by atoms with Gasteiger partial charge >= 0.3 is 0 Å². The first kappa shape index (κ1) is 8.90. The molecule has 54 valence electrons. The van der Waals surface area contributed by atoms with E-state index in [1.54, 1.807) is 0 Å². The van der Waals surface area contributed by atoms with Gasteiger partial charge in [0.05, 0.1) is 25.0 Å². The molecule has 0 aromatic carbocycles. The molecule has 0 saturated heterocycles. The fraction of sp³-hybridized carbons (Fsp3) is 0.667. The van der Waals surface area contributed by atoms with Crippen molar-refractivity contribution in [1.29, 1.82) is 10.5 Å². The molecule has 2 unspecified atom stereocenters. The molecule has 10 heavy (non-hydrogen) atoms. The lowest BCUT2D eigenvalue weighted by atomic mass is 10.1. The molecule has 0 radical (unpaired) electrons. The smallest absolute Gasteiger partial charge is 0.0638 e. The average Bonchev–Trinajstić information content (AvgIpc) is 1.89. The number of rotatable bonds is 3. The van der Waals surface area contributed by atoms with Crippen molar-refractivity contribution in [3.05, 3.63) is 0 Å². The van der Waals surface area contributed by atoms with Gasteiger partial charge in [0.1, 0.15) is 0 Å². The molecule has 0 bridgehead atoms. The molecule has 4 nitrogen and oxygen atoms in total. The van der Waals surface area contributed by atoms with Gasteiger partial charge in [-0.25, -0.2) is 0 Å². The molecule has 4 heteroatoms. The largest absolute Gasteiger partial charge is 0.325 e. The fourth-order valence-electron chi connectivity index (χ4n) is 0.514. The van der Waals surface area contributed by atoms with E-state index < -0.39 is 0 Å². The average molecular weight is 138 g/mol. The number of hydrogen-bond donors (Lipinski definition) is 2. The monoisotopic (exact) mass is 138 g/mol. The molecule has 2 atom stereocenters. The van der Waals surface area contributed by atoms with E-state index in [0.717, 1.165) is 0 Å². The van der Waals surface area contributed by atoms with Crippen molar-refractivity contribution in [2.75, 3.05) is 0 Å². The Bertz CT molecular complexity index is 144. The molecule has 0 spiro atoms. The van der Waals surface area contributed by atoms with Crippen LogP contribution in [0.3, 0.4) is 0 Å². The van der Waals surface area contributed by atoms with Gasteiger partial charge in [-0.2, -0.15) is 10.5 Å². The first-order valence-corrected chi connectivity index (χ1v) is 2.97. The van der Waals surface area contributed by atoms with Crippen LogP contribution in [0.25, 0.3) is 0 Å². The Hall–Kier alpha value is -1.10. The quantitative estimate of drug-likeness (QED) is 0.547. The third-order valence-electron chi connectivity index (χ3n) is 1.20. The van der Waals surface area contributed by atoms with E-state index in [0.29, 0.717) is 0 Å². The maximum Gasteiger partial charge on any atom is 0.0638 e. The Labute approximate surface area is 60.0 Å². The van der Waals surface area contributed by atoms with E-state index in [4.69, 9.17) is 22.0 Å². The zero-order valence-electron chi connectivity index (χ0n) is 5.62. The Morgan fingerprint density at radius 3 is 1.50 bits per heavy atom. The lowest BCUT2D eigenvalue weighted by molar-refractivity contribution is 0.541. The second kappa shape index (κ2) is 4.75. The highest BCUT2D eigenvalue weighted by Gasteiger charge is 2.11. The molecule has 0 fully saturated rings. The van der Waals surface area contributed by atoms with Gasteiger partial charge in [0, 0.05) is 12.1 Å². The first-order chi connectivity index (χ1) is 4.72. The normalized spacial score (nSPS) is 14.8. The zero-order chi connectivity index (χ0) is 7.98. The second-order valence-electron chi connectivity index (χ2n) is 2.05. The molecule has 0 saturated carbocycles. The molecular weight excluding hydrogens is 128 g/mol. The van der Waals surface area contributed by atoms with Crippen LogP contribution in [0.5, 0.6) is 0 Å². The van der Waals surface area contributed by atoms with Gasteiger partial charge in [0.2, 0.25) is 0 Å². The summed E-state index contributed by atoms with van der Waals surface area (Å²) in [6.45, 7) is 0. The highest BCUT2D eigenvalue weighted by Crippen LogP contribution is 1.95. The van der Waals surface area contributed by atoms with Crippen LogP contribution in [0.15, 0.2) is 0 Å². The summed E-state index contributed by atoms with van der Waals surface area (Å²) in [5, 5.41) is 16.4. The number of hydrogen-bond acceptors (Lipinski definition) is 4. The topological polar surface area (TPSA) is 99.6 Å². The molecule has 0 aliphatic carbocycles. The van der Waals surface area contributed by atoms with E-state index >= 15 is 0 Å². The lowest BCUT2D eigenvalue weighted by Crippen LogP contribution is -2.40. The van der Waals surface area contributed by atoms with Crippen LogP contribution in [0.2, 0.25) is 0 Å². The van der Waals surface area contributed by atoms with Crippen molar-refractivity contribution >= 4 is 0 Å². The number of nitriles is 2. The Morgan fingerprint density at radius 2 is 1.30 bits per heavy atom. The van der Waals surface area contributed by atoms with Crippen LogP contribution in [-0.4, -0.2) is 12.1 Å². The van der Waals surface area contributed by atoms with Crippen LogP contribution < -0.4 is 11.5 Å². The highest BCUT2D eigenvalue weighted by molar-refractivity contribution is 4.90. The van der Waals surface area contributed by atoms with Crippen LogP contribution >= 0.6 is 0 Å². The van der Waals surface area contributed by atoms with E-state index in [9.17, 15) is 0 Å². The molecule has 0 aromatic rings.